The Morgan fingerprint density at radius 2 is 1.08 bits per heavy atom. The molecule has 0 aromatic carbocycles. The van der Waals surface area contributed by atoms with Crippen LogP contribution in [0.3, 0.4) is 0 Å². The normalized spacial score (nSPS) is 38.4. The van der Waals surface area contributed by atoms with Gasteiger partial charge < -0.3 is 10.2 Å². The number of aliphatic carboxylic acids is 2. The maximum Gasteiger partial charge on any atom is 0.303 e. The van der Waals surface area contributed by atoms with Gasteiger partial charge in [0, 0.05) is 0 Å². The van der Waals surface area contributed by atoms with Crippen LogP contribution in [0.1, 0.15) is 86.5 Å². The van der Waals surface area contributed by atoms with Crippen molar-refractivity contribution in [3.63, 3.8) is 0 Å². The van der Waals surface area contributed by atoms with Crippen molar-refractivity contribution in [3.8, 4) is 0 Å². The van der Waals surface area contributed by atoms with Crippen molar-refractivity contribution >= 4 is 11.9 Å². The van der Waals surface area contributed by atoms with Crippen LogP contribution in [0, 0.1) is 38.9 Å². The summed E-state index contributed by atoms with van der Waals surface area (Å²) in [6.07, 6.45) is 5.31. The molecule has 26 heavy (non-hydrogen) atoms. The minimum atomic E-state index is -0.727. The predicted molar refractivity (Wildman–Crippen MR) is 101 cm³/mol. The second kappa shape index (κ2) is 5.48. The minimum absolute atomic E-state index is 0.176. The summed E-state index contributed by atoms with van der Waals surface area (Å²) in [5, 5.41) is 19.8. The van der Waals surface area contributed by atoms with Crippen LogP contribution in [0.15, 0.2) is 0 Å². The maximum atomic E-state index is 12.0. The number of hydrogen-bond acceptors (Lipinski definition) is 2. The fourth-order valence-electron chi connectivity index (χ4n) is 9.94. The first-order valence-corrected chi connectivity index (χ1v) is 10.1. The van der Waals surface area contributed by atoms with Crippen LogP contribution < -0.4 is 0 Å². The highest BCUT2D eigenvalue weighted by Crippen LogP contribution is 2.83. The Bertz CT molecular complexity index is 553. The molecule has 0 saturated heterocycles. The largest absolute Gasteiger partial charge is 0.481 e. The van der Waals surface area contributed by atoms with Crippen LogP contribution in [-0.4, -0.2) is 22.2 Å². The third kappa shape index (κ3) is 2.32. The first kappa shape index (κ1) is 19.7. The molecule has 148 valence electrons. The molecule has 0 atom stereocenters. The number of rotatable bonds is 4. The standard InChI is InChI=1S/C22H36O4/c1-18(2,3)22(19(4,5)6)20(12-16(23)24)8-14-7-15(10-20)11-21(22,9-14)13-17(25)26/h14-15H,7-13H2,1-6H3,(H,23,24)(H,25,26). The summed E-state index contributed by atoms with van der Waals surface area (Å²) in [6, 6.07) is 0. The molecular weight excluding hydrogens is 328 g/mol. The van der Waals surface area contributed by atoms with Crippen molar-refractivity contribution in [1.82, 2.24) is 0 Å². The van der Waals surface area contributed by atoms with Gasteiger partial charge in [0.15, 0.2) is 0 Å². The van der Waals surface area contributed by atoms with Crippen LogP contribution in [0.25, 0.3) is 0 Å². The van der Waals surface area contributed by atoms with Gasteiger partial charge in [-0.3, -0.25) is 9.59 Å². The molecule has 0 spiro atoms. The SMILES string of the molecule is CC(C)(C)C1(C(C)(C)C)C2(CC(=O)O)CC3CC(C2)CC1(CC(=O)O)C3. The van der Waals surface area contributed by atoms with Gasteiger partial charge in [0.25, 0.3) is 0 Å². The lowest BCUT2D eigenvalue weighted by Crippen LogP contribution is -2.74. The molecule has 4 nitrogen and oxygen atoms in total. The Labute approximate surface area is 157 Å². The van der Waals surface area contributed by atoms with E-state index in [-0.39, 0.29) is 39.9 Å². The lowest BCUT2D eigenvalue weighted by molar-refractivity contribution is -0.320. The molecular formula is C22H36O4. The molecule has 0 unspecified atom stereocenters. The molecule has 4 aliphatic carbocycles. The predicted octanol–water partition coefficient (Wildman–Crippen LogP) is 5.21. The van der Waals surface area contributed by atoms with E-state index in [2.05, 4.69) is 41.5 Å². The Morgan fingerprint density at radius 3 is 1.31 bits per heavy atom. The molecule has 4 rings (SSSR count). The Kier molecular flexibility index (Phi) is 4.15. The van der Waals surface area contributed by atoms with Crippen LogP contribution in [-0.2, 0) is 9.59 Å². The molecule has 0 radical (unpaired) electrons. The van der Waals surface area contributed by atoms with Gasteiger partial charge in [-0.2, -0.15) is 0 Å². The summed E-state index contributed by atoms with van der Waals surface area (Å²) < 4.78 is 0. The van der Waals surface area contributed by atoms with Crippen molar-refractivity contribution in [3.05, 3.63) is 0 Å². The first-order valence-electron chi connectivity index (χ1n) is 10.1. The molecule has 0 aromatic rings. The second-order valence-corrected chi connectivity index (χ2v) is 11.7. The third-order valence-electron chi connectivity index (χ3n) is 8.20. The van der Waals surface area contributed by atoms with Crippen LogP contribution >= 0.6 is 0 Å². The zero-order valence-corrected chi connectivity index (χ0v) is 17.3. The Balaban J connectivity index is 2.35. The third-order valence-corrected chi connectivity index (χ3v) is 8.20. The topological polar surface area (TPSA) is 74.6 Å². The Hall–Kier alpha value is -1.06. The molecule has 4 bridgehead atoms. The minimum Gasteiger partial charge on any atom is -0.481 e. The number of hydrogen-bond donors (Lipinski definition) is 2. The van der Waals surface area contributed by atoms with E-state index in [4.69, 9.17) is 0 Å². The first-order chi connectivity index (χ1) is 11.7. The van der Waals surface area contributed by atoms with Gasteiger partial charge in [0.2, 0.25) is 0 Å². The molecule has 0 aliphatic heterocycles. The van der Waals surface area contributed by atoms with Crippen LogP contribution in [0.2, 0.25) is 0 Å². The van der Waals surface area contributed by atoms with Gasteiger partial charge in [-0.15, -0.1) is 0 Å². The highest BCUT2D eigenvalue weighted by molar-refractivity contribution is 5.70. The van der Waals surface area contributed by atoms with E-state index in [9.17, 15) is 19.8 Å². The highest BCUT2D eigenvalue weighted by Gasteiger charge is 2.78. The fourth-order valence-corrected chi connectivity index (χ4v) is 9.94. The van der Waals surface area contributed by atoms with E-state index >= 15 is 0 Å². The maximum absolute atomic E-state index is 12.0. The zero-order chi connectivity index (χ0) is 19.8. The van der Waals surface area contributed by atoms with E-state index in [1.54, 1.807) is 0 Å². The van der Waals surface area contributed by atoms with E-state index in [1.165, 1.54) is 0 Å². The van der Waals surface area contributed by atoms with Gasteiger partial charge >= 0.3 is 11.9 Å². The summed E-state index contributed by atoms with van der Waals surface area (Å²) >= 11 is 0. The molecule has 0 aromatic heterocycles. The van der Waals surface area contributed by atoms with Crippen LogP contribution in [0.4, 0.5) is 0 Å². The smallest absolute Gasteiger partial charge is 0.303 e. The zero-order valence-electron chi connectivity index (χ0n) is 17.3. The van der Waals surface area contributed by atoms with Gasteiger partial charge in [-0.05, 0) is 71.0 Å². The molecule has 2 N–H and O–H groups in total. The summed E-state index contributed by atoms with van der Waals surface area (Å²) in [6.45, 7) is 13.4. The van der Waals surface area contributed by atoms with Crippen molar-refractivity contribution in [2.45, 2.75) is 86.5 Å². The average molecular weight is 365 g/mol. The lowest BCUT2D eigenvalue weighted by Gasteiger charge is -2.80. The van der Waals surface area contributed by atoms with Gasteiger partial charge in [-0.1, -0.05) is 41.5 Å². The summed E-state index contributed by atoms with van der Waals surface area (Å²) in [5.41, 5.74) is -1.30. The highest BCUT2D eigenvalue weighted by atomic mass is 16.4. The fraction of sp³-hybridized carbons (Fsp3) is 0.909. The molecule has 0 heterocycles. The lowest BCUT2D eigenvalue weighted by atomic mass is 9.24. The van der Waals surface area contributed by atoms with E-state index < -0.39 is 11.9 Å². The van der Waals surface area contributed by atoms with Crippen molar-refractivity contribution in [2.75, 3.05) is 0 Å². The van der Waals surface area contributed by atoms with E-state index in [0.717, 1.165) is 32.1 Å². The molecule has 0 amide bonds. The molecule has 4 aliphatic rings. The monoisotopic (exact) mass is 364 g/mol. The van der Waals surface area contributed by atoms with Gasteiger partial charge in [-0.25, -0.2) is 0 Å². The molecule has 4 heteroatoms. The van der Waals surface area contributed by atoms with Crippen molar-refractivity contribution in [2.24, 2.45) is 38.9 Å². The summed E-state index contributed by atoms with van der Waals surface area (Å²) in [7, 11) is 0. The van der Waals surface area contributed by atoms with Crippen molar-refractivity contribution < 1.29 is 19.8 Å². The second-order valence-electron chi connectivity index (χ2n) is 11.7. The number of carboxylic acids is 2. The van der Waals surface area contributed by atoms with Gasteiger partial charge in [0.05, 0.1) is 12.8 Å². The quantitative estimate of drug-likeness (QED) is 0.718. The summed E-state index contributed by atoms with van der Waals surface area (Å²) in [5.74, 6) is -0.483. The van der Waals surface area contributed by atoms with Gasteiger partial charge in [0.1, 0.15) is 0 Å². The number of carboxylic acid groups (broad SMARTS) is 2. The van der Waals surface area contributed by atoms with E-state index in [1.807, 2.05) is 0 Å². The van der Waals surface area contributed by atoms with Crippen molar-refractivity contribution in [1.29, 1.82) is 0 Å². The molecule has 4 saturated carbocycles. The average Bonchev–Trinajstić information content (AvgIpc) is 2.29. The molecule has 4 fully saturated rings. The van der Waals surface area contributed by atoms with Crippen LogP contribution in [0.5, 0.6) is 0 Å². The van der Waals surface area contributed by atoms with E-state index in [0.29, 0.717) is 11.8 Å². The Morgan fingerprint density at radius 1 is 0.769 bits per heavy atom. The summed E-state index contributed by atoms with van der Waals surface area (Å²) in [4.78, 5) is 24.1. The number of carbonyl (C=O) groups is 2.